The molecule has 12 rings (SSSR count). The smallest absolute Gasteiger partial charge is 0.164 e. The van der Waals surface area contributed by atoms with Gasteiger partial charge in [0.25, 0.3) is 0 Å². The molecule has 1 aliphatic rings. The van der Waals surface area contributed by atoms with Crippen LogP contribution in [0.1, 0.15) is 22.3 Å². The van der Waals surface area contributed by atoms with Crippen molar-refractivity contribution in [2.24, 2.45) is 0 Å². The molecule has 3 heteroatoms. The Kier molecular flexibility index (Phi) is 8.07. The van der Waals surface area contributed by atoms with Crippen molar-refractivity contribution < 1.29 is 0 Å². The molecule has 1 heterocycles. The van der Waals surface area contributed by atoms with E-state index in [-0.39, 0.29) is 0 Å². The molecule has 3 nitrogen and oxygen atoms in total. The Morgan fingerprint density at radius 2 is 0.721 bits per heavy atom. The van der Waals surface area contributed by atoms with Crippen LogP contribution in [-0.2, 0) is 5.41 Å². The molecular formula is C58H37N3. The molecule has 284 valence electrons. The number of benzene rings is 10. The Balaban J connectivity index is 1.10. The molecule has 0 saturated carbocycles. The second-order valence-electron chi connectivity index (χ2n) is 15.9. The first-order valence-corrected chi connectivity index (χ1v) is 20.9. The lowest BCUT2D eigenvalue weighted by Gasteiger charge is -2.34. The Labute approximate surface area is 354 Å². The molecule has 1 aromatic heterocycles. The summed E-state index contributed by atoms with van der Waals surface area (Å²) in [7, 11) is 0. The van der Waals surface area contributed by atoms with Crippen LogP contribution in [0.15, 0.2) is 224 Å². The first-order chi connectivity index (χ1) is 30.3. The molecule has 0 aliphatic heterocycles. The van der Waals surface area contributed by atoms with E-state index in [0.29, 0.717) is 17.5 Å². The van der Waals surface area contributed by atoms with Crippen molar-refractivity contribution in [1.82, 2.24) is 15.0 Å². The van der Waals surface area contributed by atoms with Gasteiger partial charge in [-0.15, -0.1) is 0 Å². The molecule has 10 aromatic carbocycles. The van der Waals surface area contributed by atoms with Crippen molar-refractivity contribution in [2.75, 3.05) is 0 Å². The maximum absolute atomic E-state index is 5.11. The number of hydrogen-bond acceptors (Lipinski definition) is 3. The highest BCUT2D eigenvalue weighted by atomic mass is 15.0. The van der Waals surface area contributed by atoms with Gasteiger partial charge in [0.1, 0.15) is 0 Å². The minimum atomic E-state index is -0.486. The molecule has 0 spiro atoms. The topological polar surface area (TPSA) is 38.7 Å². The fourth-order valence-corrected chi connectivity index (χ4v) is 9.93. The van der Waals surface area contributed by atoms with Gasteiger partial charge in [0.2, 0.25) is 0 Å². The average Bonchev–Trinajstić information content (AvgIpc) is 3.65. The number of hydrogen-bond donors (Lipinski definition) is 0. The minimum absolute atomic E-state index is 0.486. The van der Waals surface area contributed by atoms with Crippen molar-refractivity contribution in [3.8, 4) is 56.4 Å². The van der Waals surface area contributed by atoms with Crippen molar-refractivity contribution >= 4 is 32.3 Å². The standard InChI is InChI=1S/C58H37N3/c1-5-18-38(19-6-1)55-59-56(39-20-7-2-8-21-39)61-57(60-55)41-33-35-50-51(36-41)46-27-14-13-26-45(46)49-30-17-29-44(54(49)50)40-32-34-48-47-28-15-16-31-52(47)58(53(48)37-40,42-22-9-3-10-23-42)43-24-11-4-12-25-43/h1-37H. The van der Waals surface area contributed by atoms with E-state index in [0.717, 1.165) is 22.1 Å². The SMILES string of the molecule is c1ccc(-c2nc(-c3ccccc3)nc(-c3ccc4c(c3)c3ccccc3c3cccc(-c5ccc6c(c5)C(c5ccccc5)(c5ccccc5)c5ccccc5-6)c34)n2)cc1. The summed E-state index contributed by atoms with van der Waals surface area (Å²) in [6.07, 6.45) is 0. The summed E-state index contributed by atoms with van der Waals surface area (Å²) in [5.41, 5.74) is 12.4. The number of rotatable bonds is 6. The highest BCUT2D eigenvalue weighted by molar-refractivity contribution is 6.28. The van der Waals surface area contributed by atoms with Gasteiger partial charge < -0.3 is 0 Å². The van der Waals surface area contributed by atoms with E-state index in [4.69, 9.17) is 15.0 Å². The highest BCUT2D eigenvalue weighted by Crippen LogP contribution is 2.57. The van der Waals surface area contributed by atoms with Crippen LogP contribution in [0.3, 0.4) is 0 Å². The number of aromatic nitrogens is 3. The lowest BCUT2D eigenvalue weighted by Crippen LogP contribution is -2.28. The number of fused-ring (bicyclic) bond motifs is 9. The van der Waals surface area contributed by atoms with E-state index < -0.39 is 5.41 Å². The van der Waals surface area contributed by atoms with Crippen LogP contribution in [0.25, 0.3) is 88.7 Å². The van der Waals surface area contributed by atoms with E-state index in [2.05, 4.69) is 188 Å². The quantitative estimate of drug-likeness (QED) is 0.158. The van der Waals surface area contributed by atoms with Crippen molar-refractivity contribution in [2.45, 2.75) is 5.41 Å². The lowest BCUT2D eigenvalue weighted by molar-refractivity contribution is 0.769. The number of nitrogens with zero attached hydrogens (tertiary/aromatic N) is 3. The molecule has 0 radical (unpaired) electrons. The summed E-state index contributed by atoms with van der Waals surface area (Å²) in [6.45, 7) is 0. The zero-order chi connectivity index (χ0) is 40.3. The second kappa shape index (κ2) is 14.1. The fourth-order valence-electron chi connectivity index (χ4n) is 9.93. The molecule has 61 heavy (non-hydrogen) atoms. The Morgan fingerprint density at radius 3 is 1.36 bits per heavy atom. The summed E-state index contributed by atoms with van der Waals surface area (Å²) in [6, 6.07) is 80.8. The van der Waals surface area contributed by atoms with Crippen LogP contribution in [0.5, 0.6) is 0 Å². The summed E-state index contributed by atoms with van der Waals surface area (Å²) < 4.78 is 0. The molecule has 0 saturated heterocycles. The molecule has 0 fully saturated rings. The Morgan fingerprint density at radius 1 is 0.262 bits per heavy atom. The van der Waals surface area contributed by atoms with Gasteiger partial charge in [-0.1, -0.05) is 212 Å². The van der Waals surface area contributed by atoms with E-state index in [1.54, 1.807) is 0 Å². The fraction of sp³-hybridized carbons (Fsp3) is 0.0172. The largest absolute Gasteiger partial charge is 0.208 e. The molecule has 0 bridgehead atoms. The molecule has 1 aliphatic carbocycles. The molecule has 0 N–H and O–H groups in total. The predicted octanol–water partition coefficient (Wildman–Crippen LogP) is 14.4. The van der Waals surface area contributed by atoms with Crippen molar-refractivity contribution in [3.05, 3.63) is 247 Å². The molecule has 0 unspecified atom stereocenters. The zero-order valence-corrected chi connectivity index (χ0v) is 33.2. The van der Waals surface area contributed by atoms with Gasteiger partial charge in [0, 0.05) is 16.7 Å². The first kappa shape index (κ1) is 35.0. The van der Waals surface area contributed by atoms with Gasteiger partial charge in [-0.2, -0.15) is 0 Å². The lowest BCUT2D eigenvalue weighted by atomic mass is 9.67. The summed E-state index contributed by atoms with van der Waals surface area (Å²) in [5.74, 6) is 1.94. The van der Waals surface area contributed by atoms with E-state index in [1.807, 2.05) is 36.4 Å². The highest BCUT2D eigenvalue weighted by Gasteiger charge is 2.46. The maximum Gasteiger partial charge on any atom is 0.164 e. The Hall–Kier alpha value is -8.01. The second-order valence-corrected chi connectivity index (χ2v) is 15.9. The zero-order valence-electron chi connectivity index (χ0n) is 33.2. The Bertz CT molecular complexity index is 3360. The maximum atomic E-state index is 5.11. The van der Waals surface area contributed by atoms with Crippen LogP contribution in [0.4, 0.5) is 0 Å². The van der Waals surface area contributed by atoms with Gasteiger partial charge in [-0.3, -0.25) is 0 Å². The van der Waals surface area contributed by atoms with Gasteiger partial charge in [-0.25, -0.2) is 15.0 Å². The van der Waals surface area contributed by atoms with Crippen LogP contribution >= 0.6 is 0 Å². The molecular weight excluding hydrogens is 739 g/mol. The van der Waals surface area contributed by atoms with E-state index in [1.165, 1.54) is 71.4 Å². The van der Waals surface area contributed by atoms with Gasteiger partial charge in [0.15, 0.2) is 17.5 Å². The third-order valence-electron chi connectivity index (χ3n) is 12.6. The van der Waals surface area contributed by atoms with Crippen LogP contribution < -0.4 is 0 Å². The van der Waals surface area contributed by atoms with Crippen molar-refractivity contribution in [1.29, 1.82) is 0 Å². The van der Waals surface area contributed by atoms with Crippen LogP contribution in [-0.4, -0.2) is 15.0 Å². The van der Waals surface area contributed by atoms with Gasteiger partial charge in [0.05, 0.1) is 5.41 Å². The summed E-state index contributed by atoms with van der Waals surface area (Å²) >= 11 is 0. The average molecular weight is 776 g/mol. The first-order valence-electron chi connectivity index (χ1n) is 20.9. The molecule has 0 atom stereocenters. The van der Waals surface area contributed by atoms with Crippen LogP contribution in [0.2, 0.25) is 0 Å². The normalized spacial score (nSPS) is 12.7. The van der Waals surface area contributed by atoms with Gasteiger partial charge >= 0.3 is 0 Å². The molecule has 0 amide bonds. The van der Waals surface area contributed by atoms with Crippen LogP contribution in [0, 0.1) is 0 Å². The molecule has 11 aromatic rings. The van der Waals surface area contributed by atoms with Gasteiger partial charge in [-0.05, 0) is 89.0 Å². The monoisotopic (exact) mass is 775 g/mol. The van der Waals surface area contributed by atoms with Crippen molar-refractivity contribution in [3.63, 3.8) is 0 Å². The predicted molar refractivity (Wildman–Crippen MR) is 251 cm³/mol. The van der Waals surface area contributed by atoms with E-state index in [9.17, 15) is 0 Å². The third kappa shape index (κ3) is 5.48. The minimum Gasteiger partial charge on any atom is -0.208 e. The third-order valence-corrected chi connectivity index (χ3v) is 12.6. The summed E-state index contributed by atoms with van der Waals surface area (Å²) in [5, 5.41) is 7.22. The summed E-state index contributed by atoms with van der Waals surface area (Å²) in [4.78, 5) is 15.2. The van der Waals surface area contributed by atoms with E-state index >= 15 is 0 Å².